The molecule has 0 heterocycles. The molecule has 0 aromatic carbocycles. The lowest BCUT2D eigenvalue weighted by atomic mass is 10.0. The van der Waals surface area contributed by atoms with E-state index in [0.29, 0.717) is 6.42 Å². The van der Waals surface area contributed by atoms with E-state index in [2.05, 4.69) is 16.1 Å². The van der Waals surface area contributed by atoms with Gasteiger partial charge in [-0.25, -0.2) is 5.26 Å². The Bertz CT molecular complexity index is 273. The van der Waals surface area contributed by atoms with Gasteiger partial charge in [-0.05, 0) is 6.42 Å². The van der Waals surface area contributed by atoms with Crippen molar-refractivity contribution in [3.05, 3.63) is 0 Å². The van der Waals surface area contributed by atoms with Crippen molar-refractivity contribution in [1.82, 2.24) is 0 Å². The third kappa shape index (κ3) is 16.4. The minimum atomic E-state index is -4.45. The minimum absolute atomic E-state index is 0.0827. The molecule has 0 amide bonds. The third-order valence-corrected chi connectivity index (χ3v) is 4.55. The summed E-state index contributed by atoms with van der Waals surface area (Å²) in [5.74, 6) is 0. The van der Waals surface area contributed by atoms with Crippen LogP contribution in [-0.4, -0.2) is 11.9 Å². The predicted molar refractivity (Wildman–Crippen MR) is 87.6 cm³/mol. The lowest BCUT2D eigenvalue weighted by Crippen LogP contribution is -2.07. The summed E-state index contributed by atoms with van der Waals surface area (Å²) in [6, 6.07) is 0. The molecule has 22 heavy (non-hydrogen) atoms. The van der Waals surface area contributed by atoms with Crippen molar-refractivity contribution in [3.8, 4) is 0 Å². The Morgan fingerprint density at radius 2 is 1.14 bits per heavy atom. The van der Waals surface area contributed by atoms with Gasteiger partial charge in [-0.3, -0.25) is 4.57 Å². The molecule has 0 aromatic heterocycles. The van der Waals surface area contributed by atoms with Crippen LogP contribution < -0.4 is 4.89 Å². The molecule has 0 bridgehead atoms. The summed E-state index contributed by atoms with van der Waals surface area (Å²) in [5, 5.41) is 8.01. The lowest BCUT2D eigenvalue weighted by molar-refractivity contribution is -0.283. The fraction of sp³-hybridized carbons (Fsp3) is 1.00. The highest BCUT2D eigenvalue weighted by atomic mass is 31.2. The van der Waals surface area contributed by atoms with E-state index in [0.717, 1.165) is 12.8 Å². The molecule has 0 aliphatic rings. The maximum atomic E-state index is 10.7. The molecule has 5 nitrogen and oxygen atoms in total. The van der Waals surface area contributed by atoms with E-state index in [1.54, 1.807) is 0 Å². The van der Waals surface area contributed by atoms with Gasteiger partial charge >= 0.3 is 0 Å². The van der Waals surface area contributed by atoms with E-state index >= 15 is 0 Å². The van der Waals surface area contributed by atoms with Crippen molar-refractivity contribution in [2.45, 2.75) is 96.8 Å². The Hall–Kier alpha value is 0.0700. The first-order valence-corrected chi connectivity index (χ1v) is 10.4. The summed E-state index contributed by atoms with van der Waals surface area (Å²) in [6.45, 7) is 2.33. The topological polar surface area (TPSA) is 78.8 Å². The Morgan fingerprint density at radius 1 is 0.773 bits per heavy atom. The normalized spacial score (nSPS) is 14.1. The van der Waals surface area contributed by atoms with Crippen LogP contribution >= 0.6 is 7.82 Å². The average Bonchev–Trinajstić information content (AvgIpc) is 2.51. The van der Waals surface area contributed by atoms with Crippen LogP contribution in [0, 0.1) is 0 Å². The molecule has 0 spiro atoms. The van der Waals surface area contributed by atoms with Crippen LogP contribution in [0.1, 0.15) is 96.8 Å². The van der Waals surface area contributed by atoms with E-state index in [1.165, 1.54) is 70.6 Å². The highest BCUT2D eigenvalue weighted by molar-refractivity contribution is 7.45. The molecule has 0 fully saturated rings. The fourth-order valence-electron chi connectivity index (χ4n) is 2.50. The number of hydrogen-bond acceptors (Lipinski definition) is 5. The SMILES string of the molecule is CCCCCCCCCCCCCCCCOP(=O)([O-])OO. The zero-order valence-electron chi connectivity index (χ0n) is 14.1. The number of unbranched alkanes of at least 4 members (excludes halogenated alkanes) is 13. The molecular weight excluding hydrogens is 303 g/mol. The Morgan fingerprint density at radius 3 is 1.50 bits per heavy atom. The predicted octanol–water partition coefficient (Wildman–Crippen LogP) is 5.44. The van der Waals surface area contributed by atoms with E-state index in [1.807, 2.05) is 0 Å². The summed E-state index contributed by atoms with van der Waals surface area (Å²) < 4.78 is 18.3. The van der Waals surface area contributed by atoms with Crippen molar-refractivity contribution in [2.24, 2.45) is 0 Å². The first-order chi connectivity index (χ1) is 10.6. The van der Waals surface area contributed by atoms with Crippen LogP contribution in [0.5, 0.6) is 0 Å². The van der Waals surface area contributed by atoms with Crippen molar-refractivity contribution < 1.29 is 23.9 Å². The molecule has 0 saturated heterocycles. The molecule has 0 saturated carbocycles. The molecule has 0 rings (SSSR count). The van der Waals surface area contributed by atoms with E-state index in [4.69, 9.17) is 5.26 Å². The maximum absolute atomic E-state index is 10.7. The first kappa shape index (κ1) is 22.1. The van der Waals surface area contributed by atoms with E-state index in [9.17, 15) is 9.46 Å². The molecule has 0 aromatic rings. The van der Waals surface area contributed by atoms with Gasteiger partial charge in [0.1, 0.15) is 0 Å². The molecule has 1 unspecified atom stereocenters. The number of hydrogen-bond donors (Lipinski definition) is 1. The van der Waals surface area contributed by atoms with Crippen LogP contribution in [0.2, 0.25) is 0 Å². The summed E-state index contributed by atoms with van der Waals surface area (Å²) in [6.07, 6.45) is 17.4. The van der Waals surface area contributed by atoms with E-state index < -0.39 is 7.82 Å². The van der Waals surface area contributed by atoms with Gasteiger partial charge in [0, 0.05) is 0 Å². The maximum Gasteiger partial charge on any atom is 0.297 e. The number of phosphoric acid groups is 1. The number of rotatable bonds is 17. The largest absolute Gasteiger partial charge is 0.754 e. The summed E-state index contributed by atoms with van der Waals surface area (Å²) in [4.78, 5) is 10.7. The van der Waals surface area contributed by atoms with Gasteiger partial charge in [-0.2, -0.15) is 4.67 Å². The standard InChI is InChI=1S/C16H35O5P/c1-2-3-4-5-6-7-8-9-10-11-12-13-14-15-16-20-22(18,19)21-17/h17H,2-16H2,1H3,(H,18,19)/p-1. The molecule has 6 heteroatoms. The number of phosphoric ester groups is 1. The van der Waals surface area contributed by atoms with Gasteiger partial charge in [-0.15, -0.1) is 0 Å². The Labute approximate surface area is 136 Å². The van der Waals surface area contributed by atoms with Gasteiger partial charge < -0.3 is 9.42 Å². The van der Waals surface area contributed by atoms with Crippen molar-refractivity contribution in [2.75, 3.05) is 6.61 Å². The third-order valence-electron chi connectivity index (χ3n) is 3.85. The Kier molecular flexibility index (Phi) is 16.0. The second kappa shape index (κ2) is 15.9. The molecule has 134 valence electrons. The van der Waals surface area contributed by atoms with Crippen molar-refractivity contribution >= 4 is 7.82 Å². The van der Waals surface area contributed by atoms with Crippen LogP contribution in [0.25, 0.3) is 0 Å². The quantitative estimate of drug-likeness (QED) is 0.165. The van der Waals surface area contributed by atoms with Gasteiger partial charge in [0.25, 0.3) is 7.82 Å². The average molecular weight is 337 g/mol. The Balaban J connectivity index is 3.07. The van der Waals surface area contributed by atoms with Crippen LogP contribution in [0.4, 0.5) is 0 Å². The van der Waals surface area contributed by atoms with Crippen LogP contribution in [0.15, 0.2) is 0 Å². The highest BCUT2D eigenvalue weighted by Crippen LogP contribution is 2.36. The molecule has 0 radical (unpaired) electrons. The summed E-state index contributed by atoms with van der Waals surface area (Å²) in [5.41, 5.74) is 0. The van der Waals surface area contributed by atoms with Crippen LogP contribution in [-0.2, 0) is 13.8 Å². The second-order valence-corrected chi connectivity index (χ2v) is 7.27. The van der Waals surface area contributed by atoms with Gasteiger partial charge in [0.05, 0.1) is 6.61 Å². The molecule has 1 N–H and O–H groups in total. The molecule has 0 aliphatic carbocycles. The van der Waals surface area contributed by atoms with Crippen molar-refractivity contribution in [3.63, 3.8) is 0 Å². The fourth-order valence-corrected chi connectivity index (χ4v) is 2.90. The zero-order chi connectivity index (χ0) is 16.5. The van der Waals surface area contributed by atoms with Gasteiger partial charge in [0.15, 0.2) is 0 Å². The monoisotopic (exact) mass is 337 g/mol. The lowest BCUT2D eigenvalue weighted by Gasteiger charge is -2.17. The second-order valence-electron chi connectivity index (χ2n) is 5.96. The first-order valence-electron chi connectivity index (χ1n) is 8.91. The summed E-state index contributed by atoms with van der Waals surface area (Å²) >= 11 is 0. The molecule has 1 atom stereocenters. The molecular formula is C16H34O5P-. The van der Waals surface area contributed by atoms with Gasteiger partial charge in [-0.1, -0.05) is 90.4 Å². The van der Waals surface area contributed by atoms with Gasteiger partial charge in [0.2, 0.25) is 0 Å². The van der Waals surface area contributed by atoms with Crippen molar-refractivity contribution in [1.29, 1.82) is 0 Å². The highest BCUT2D eigenvalue weighted by Gasteiger charge is 2.06. The summed E-state index contributed by atoms with van der Waals surface area (Å²) in [7, 11) is -4.45. The van der Waals surface area contributed by atoms with Crippen LogP contribution in [0.3, 0.4) is 0 Å². The minimum Gasteiger partial charge on any atom is -0.754 e. The zero-order valence-corrected chi connectivity index (χ0v) is 15.0. The van der Waals surface area contributed by atoms with E-state index in [-0.39, 0.29) is 6.61 Å². The molecule has 0 aliphatic heterocycles. The smallest absolute Gasteiger partial charge is 0.297 e.